The molecule has 0 aliphatic heterocycles. The monoisotopic (exact) mass is 290 g/mol. The Bertz CT molecular complexity index is 634. The Morgan fingerprint density at radius 2 is 2.10 bits per heavy atom. The third-order valence-corrected chi connectivity index (χ3v) is 4.49. The molecule has 1 aromatic heterocycles. The van der Waals surface area contributed by atoms with Crippen LogP contribution in [0.2, 0.25) is 5.02 Å². The number of rotatable bonds is 2. The van der Waals surface area contributed by atoms with Gasteiger partial charge < -0.3 is 10.3 Å². The van der Waals surface area contributed by atoms with Gasteiger partial charge in [-0.1, -0.05) is 31.4 Å². The zero-order valence-corrected chi connectivity index (χ0v) is 12.3. The second-order valence-electron chi connectivity index (χ2n) is 5.76. The average Bonchev–Trinajstić information content (AvgIpc) is 2.84. The van der Waals surface area contributed by atoms with Gasteiger partial charge in [0.1, 0.15) is 5.69 Å². The summed E-state index contributed by atoms with van der Waals surface area (Å²) >= 11 is 5.97. The number of amides is 1. The van der Waals surface area contributed by atoms with Gasteiger partial charge in [0.25, 0.3) is 5.91 Å². The van der Waals surface area contributed by atoms with E-state index in [1.54, 1.807) is 0 Å². The normalized spacial score (nSPS) is 22.9. The number of aromatic nitrogens is 1. The third-order valence-electron chi connectivity index (χ3n) is 4.26. The smallest absolute Gasteiger partial charge is 0.267 e. The zero-order chi connectivity index (χ0) is 14.1. The minimum absolute atomic E-state index is 0.0175. The summed E-state index contributed by atoms with van der Waals surface area (Å²) in [7, 11) is 0. The lowest BCUT2D eigenvalue weighted by molar-refractivity contribution is 0.0906. The first-order chi connectivity index (χ1) is 9.63. The van der Waals surface area contributed by atoms with Gasteiger partial charge >= 0.3 is 0 Å². The van der Waals surface area contributed by atoms with Crippen LogP contribution in [0.5, 0.6) is 0 Å². The molecule has 3 rings (SSSR count). The molecule has 1 fully saturated rings. The largest absolute Gasteiger partial charge is 0.351 e. The van der Waals surface area contributed by atoms with E-state index in [1.165, 1.54) is 19.3 Å². The second-order valence-corrected chi connectivity index (χ2v) is 6.19. The van der Waals surface area contributed by atoms with Gasteiger partial charge in [0.2, 0.25) is 0 Å². The average molecular weight is 291 g/mol. The minimum atomic E-state index is -0.0175. The number of hydrogen-bond donors (Lipinski definition) is 2. The van der Waals surface area contributed by atoms with Crippen molar-refractivity contribution in [3.63, 3.8) is 0 Å². The highest BCUT2D eigenvalue weighted by atomic mass is 35.5. The van der Waals surface area contributed by atoms with Gasteiger partial charge in [-0.15, -0.1) is 0 Å². The fourth-order valence-corrected chi connectivity index (χ4v) is 3.18. The molecule has 1 heterocycles. The molecule has 2 aromatic rings. The van der Waals surface area contributed by atoms with Crippen molar-refractivity contribution in [1.82, 2.24) is 10.3 Å². The summed E-state index contributed by atoms with van der Waals surface area (Å²) in [5.74, 6) is 0.544. The fourth-order valence-electron chi connectivity index (χ4n) is 3.00. The van der Waals surface area contributed by atoms with Crippen molar-refractivity contribution in [1.29, 1.82) is 0 Å². The molecule has 0 radical (unpaired) electrons. The molecule has 0 saturated heterocycles. The summed E-state index contributed by atoms with van der Waals surface area (Å²) in [6, 6.07) is 7.76. The van der Waals surface area contributed by atoms with E-state index in [4.69, 9.17) is 11.6 Å². The van der Waals surface area contributed by atoms with Gasteiger partial charge in [-0.25, -0.2) is 0 Å². The van der Waals surface area contributed by atoms with Gasteiger partial charge in [-0.2, -0.15) is 0 Å². The van der Waals surface area contributed by atoms with Crippen molar-refractivity contribution in [3.05, 3.63) is 35.0 Å². The summed E-state index contributed by atoms with van der Waals surface area (Å²) in [6.07, 6.45) is 4.77. The first kappa shape index (κ1) is 13.5. The Kier molecular flexibility index (Phi) is 3.70. The van der Waals surface area contributed by atoms with Crippen LogP contribution in [0.15, 0.2) is 24.3 Å². The lowest BCUT2D eigenvalue weighted by atomic mass is 9.86. The van der Waals surface area contributed by atoms with Crippen LogP contribution in [0.3, 0.4) is 0 Å². The third kappa shape index (κ3) is 2.68. The maximum atomic E-state index is 12.3. The van der Waals surface area contributed by atoms with E-state index in [0.717, 1.165) is 17.3 Å². The second kappa shape index (κ2) is 5.49. The van der Waals surface area contributed by atoms with Crippen LogP contribution in [-0.4, -0.2) is 16.9 Å². The highest BCUT2D eigenvalue weighted by Crippen LogP contribution is 2.24. The zero-order valence-electron chi connectivity index (χ0n) is 11.6. The number of hydrogen-bond acceptors (Lipinski definition) is 1. The molecule has 2 atom stereocenters. The van der Waals surface area contributed by atoms with Gasteiger partial charge in [0.05, 0.1) is 0 Å². The minimum Gasteiger partial charge on any atom is -0.351 e. The van der Waals surface area contributed by atoms with E-state index in [-0.39, 0.29) is 5.91 Å². The predicted molar refractivity (Wildman–Crippen MR) is 82.2 cm³/mol. The van der Waals surface area contributed by atoms with E-state index >= 15 is 0 Å². The molecule has 1 saturated carbocycles. The number of halogens is 1. The lowest BCUT2D eigenvalue weighted by Gasteiger charge is -2.29. The van der Waals surface area contributed by atoms with Crippen LogP contribution in [0.25, 0.3) is 10.9 Å². The number of H-pyrrole nitrogens is 1. The van der Waals surface area contributed by atoms with E-state index in [9.17, 15) is 4.79 Å². The van der Waals surface area contributed by atoms with Gasteiger partial charge in [-0.05, 0) is 43.0 Å². The molecule has 1 aliphatic rings. The molecule has 1 amide bonds. The van der Waals surface area contributed by atoms with Gasteiger partial charge in [0.15, 0.2) is 0 Å². The first-order valence-electron chi connectivity index (χ1n) is 7.22. The molecular formula is C16H19ClN2O. The van der Waals surface area contributed by atoms with E-state index < -0.39 is 0 Å². The molecule has 3 nitrogen and oxygen atoms in total. The first-order valence-corrected chi connectivity index (χ1v) is 7.60. The fraction of sp³-hybridized carbons (Fsp3) is 0.438. The molecule has 2 N–H and O–H groups in total. The van der Waals surface area contributed by atoms with Crippen LogP contribution in [-0.2, 0) is 0 Å². The number of fused-ring (bicyclic) bond motifs is 1. The summed E-state index contributed by atoms with van der Waals surface area (Å²) in [6.45, 7) is 2.22. The summed E-state index contributed by atoms with van der Waals surface area (Å²) in [5.41, 5.74) is 1.55. The molecule has 4 heteroatoms. The van der Waals surface area contributed by atoms with E-state index in [2.05, 4.69) is 17.2 Å². The molecule has 0 spiro atoms. The predicted octanol–water partition coefficient (Wildman–Crippen LogP) is 4.13. The van der Waals surface area contributed by atoms with Crippen molar-refractivity contribution >= 4 is 28.4 Å². The molecule has 0 bridgehead atoms. The molecule has 20 heavy (non-hydrogen) atoms. The van der Waals surface area contributed by atoms with Crippen LogP contribution in [0.4, 0.5) is 0 Å². The van der Waals surface area contributed by atoms with Crippen LogP contribution in [0, 0.1) is 5.92 Å². The van der Waals surface area contributed by atoms with Crippen molar-refractivity contribution < 1.29 is 4.79 Å². The number of benzene rings is 1. The van der Waals surface area contributed by atoms with Crippen molar-refractivity contribution in [2.24, 2.45) is 5.92 Å². The number of nitrogens with one attached hydrogen (secondary N) is 2. The SMILES string of the molecule is C[C@H]1CCCC[C@@H]1NC(=O)c1cc2cc(Cl)ccc2[nH]1. The summed E-state index contributed by atoms with van der Waals surface area (Å²) in [4.78, 5) is 15.5. The molecule has 0 unspecified atom stereocenters. The number of carbonyl (C=O) groups is 1. The van der Waals surface area contributed by atoms with E-state index in [1.807, 2.05) is 24.3 Å². The Hall–Kier alpha value is -1.48. The maximum Gasteiger partial charge on any atom is 0.267 e. The van der Waals surface area contributed by atoms with Crippen molar-refractivity contribution in [2.75, 3.05) is 0 Å². The van der Waals surface area contributed by atoms with Crippen molar-refractivity contribution in [2.45, 2.75) is 38.6 Å². The molecule has 1 aliphatic carbocycles. The number of aromatic amines is 1. The standard InChI is InChI=1S/C16H19ClN2O/c1-10-4-2-3-5-13(10)19-16(20)15-9-11-8-12(17)6-7-14(11)18-15/h6-10,13,18H,2-5H2,1H3,(H,19,20)/t10-,13-/m0/s1. The Labute approximate surface area is 123 Å². The van der Waals surface area contributed by atoms with Gasteiger partial charge in [-0.3, -0.25) is 4.79 Å². The lowest BCUT2D eigenvalue weighted by Crippen LogP contribution is -2.41. The van der Waals surface area contributed by atoms with Crippen LogP contribution >= 0.6 is 11.6 Å². The number of carbonyl (C=O) groups excluding carboxylic acids is 1. The maximum absolute atomic E-state index is 12.3. The Morgan fingerprint density at radius 3 is 2.90 bits per heavy atom. The van der Waals surface area contributed by atoms with E-state index in [0.29, 0.717) is 22.7 Å². The molecule has 106 valence electrons. The highest BCUT2D eigenvalue weighted by Gasteiger charge is 2.23. The van der Waals surface area contributed by atoms with Crippen molar-refractivity contribution in [3.8, 4) is 0 Å². The summed E-state index contributed by atoms with van der Waals surface area (Å²) in [5, 5.41) is 4.81. The quantitative estimate of drug-likeness (QED) is 0.858. The van der Waals surface area contributed by atoms with Gasteiger partial charge in [0, 0.05) is 22.0 Å². The topological polar surface area (TPSA) is 44.9 Å². The molecule has 1 aromatic carbocycles. The summed E-state index contributed by atoms with van der Waals surface area (Å²) < 4.78 is 0. The van der Waals surface area contributed by atoms with Crippen LogP contribution < -0.4 is 5.32 Å². The van der Waals surface area contributed by atoms with Crippen LogP contribution in [0.1, 0.15) is 43.1 Å². The molecular weight excluding hydrogens is 272 g/mol. The highest BCUT2D eigenvalue weighted by molar-refractivity contribution is 6.31. The Balaban J connectivity index is 1.78. The Morgan fingerprint density at radius 1 is 1.30 bits per heavy atom.